The predicted molar refractivity (Wildman–Crippen MR) is 284 cm³/mol. The van der Waals surface area contributed by atoms with E-state index in [-0.39, 0.29) is 37.4 Å². The third-order valence-corrected chi connectivity index (χ3v) is 15.0. The van der Waals surface area contributed by atoms with Crippen molar-refractivity contribution in [2.45, 2.75) is 92.2 Å². The van der Waals surface area contributed by atoms with Crippen molar-refractivity contribution in [1.82, 2.24) is 19.5 Å². The second kappa shape index (κ2) is 19.4. The Balaban J connectivity index is 0.000000200. The summed E-state index contributed by atoms with van der Waals surface area (Å²) in [6.07, 6.45) is 5.81. The topological polar surface area (TPSA) is 56.7 Å². The quantitative estimate of drug-likeness (QED) is 0.107. The fourth-order valence-electron chi connectivity index (χ4n) is 9.36. The standard InChI is InChI=1S/C37H32N3O.C24H28NSi.Ir/c1-22(2)30-18-26(25-12-7-6-8-13-25)19-31(23(3)4)35(30)40-34-24(5)20-38-21-32(34)39-37(40)29-16-11-15-28-27-14-9-10-17-33(27)41-36(28)29;1-18-12-14-19(15-13-18)22-16-21(23(17-25-22)26(4,5)6)24(2,3)20-10-8-7-9-11-20;/h6-15,17-23H,1-5H3;7-14,16-17H,1-6H3;/q2*-1;/i;1D3;. The van der Waals surface area contributed by atoms with Gasteiger partial charge in [-0.05, 0) is 86.8 Å². The molecule has 0 saturated heterocycles. The monoisotopic (exact) mass is 1090 g/mol. The number of imidazole rings is 1. The Bertz CT molecular complexity index is 3470. The second-order valence-corrected chi connectivity index (χ2v) is 24.9. The van der Waals surface area contributed by atoms with Crippen LogP contribution in [0, 0.1) is 25.9 Å². The van der Waals surface area contributed by atoms with Gasteiger partial charge < -0.3 is 14.0 Å². The van der Waals surface area contributed by atoms with Crippen LogP contribution >= 0.6 is 0 Å². The van der Waals surface area contributed by atoms with Gasteiger partial charge in [0.15, 0.2) is 0 Å². The summed E-state index contributed by atoms with van der Waals surface area (Å²) in [6, 6.07) is 52.0. The number of nitrogens with zero attached hydrogens (tertiary/aromatic N) is 4. The molecule has 0 unspecified atom stereocenters. The molecule has 6 aromatic carbocycles. The number of pyridine rings is 2. The predicted octanol–water partition coefficient (Wildman–Crippen LogP) is 15.7. The first kappa shape index (κ1) is 44.3. The maximum absolute atomic E-state index is 7.56. The van der Waals surface area contributed by atoms with Crippen LogP contribution in [0.25, 0.3) is 72.4 Å². The average Bonchev–Trinajstić information content (AvgIpc) is 3.93. The van der Waals surface area contributed by atoms with Crippen LogP contribution in [-0.4, -0.2) is 27.6 Å². The van der Waals surface area contributed by atoms with E-state index in [0.717, 1.165) is 61.2 Å². The largest absolute Gasteiger partial charge is 0.501 e. The SMILES string of the molecule is Cc1cncc2nc(-c3[c-]ccc4c3oc3ccccc34)n(-c3c(C(C)C)cc(-c4ccccc4)cc3C(C)C)c12.[2H]C([2H])([2H])c1c[c-]c(-c2cc(C(C)(C)c3ccccc3)c([Si](C)(C)C)cn2)cc1.[Ir]. The minimum absolute atomic E-state index is 0. The Morgan fingerprint density at radius 2 is 1.41 bits per heavy atom. The minimum Gasteiger partial charge on any atom is -0.501 e. The van der Waals surface area contributed by atoms with Gasteiger partial charge in [0, 0.05) is 53.1 Å². The molecule has 0 saturated carbocycles. The summed E-state index contributed by atoms with van der Waals surface area (Å²) in [5.74, 6) is 1.38. The van der Waals surface area contributed by atoms with Crippen LogP contribution in [0.15, 0.2) is 156 Å². The van der Waals surface area contributed by atoms with Gasteiger partial charge in [0.25, 0.3) is 0 Å². The summed E-state index contributed by atoms with van der Waals surface area (Å²) in [7, 11) is -1.63. The molecule has 0 aliphatic rings. The fourth-order valence-corrected chi connectivity index (χ4v) is 11.0. The van der Waals surface area contributed by atoms with Crippen molar-refractivity contribution in [3.05, 3.63) is 198 Å². The zero-order valence-corrected chi connectivity index (χ0v) is 44.0. The second-order valence-electron chi connectivity index (χ2n) is 19.8. The van der Waals surface area contributed by atoms with Gasteiger partial charge in [0.2, 0.25) is 0 Å². The molecule has 0 N–H and O–H groups in total. The number of hydrogen-bond acceptors (Lipinski definition) is 4. The van der Waals surface area contributed by atoms with Crippen molar-refractivity contribution in [2.75, 3.05) is 0 Å². The van der Waals surface area contributed by atoms with Crippen LogP contribution < -0.4 is 5.19 Å². The van der Waals surface area contributed by atoms with Gasteiger partial charge in [-0.1, -0.05) is 164 Å². The Labute approximate surface area is 421 Å². The van der Waals surface area contributed by atoms with Gasteiger partial charge in [-0.15, -0.1) is 53.6 Å². The number of furan rings is 1. The number of aryl methyl sites for hydroxylation is 2. The molecule has 0 aliphatic heterocycles. The van der Waals surface area contributed by atoms with E-state index in [4.69, 9.17) is 18.5 Å². The molecular formula is C61H60IrN4OSi-2. The molecule has 10 rings (SSSR count). The normalized spacial score (nSPS) is 12.7. The van der Waals surface area contributed by atoms with E-state index in [1.165, 1.54) is 44.3 Å². The minimum atomic E-state index is -2.12. The average molecular weight is 1090 g/mol. The van der Waals surface area contributed by atoms with Gasteiger partial charge in [-0.25, -0.2) is 0 Å². The van der Waals surface area contributed by atoms with E-state index in [1.807, 2.05) is 42.9 Å². The van der Waals surface area contributed by atoms with Gasteiger partial charge >= 0.3 is 0 Å². The molecule has 4 heterocycles. The molecule has 4 aromatic heterocycles. The van der Waals surface area contributed by atoms with Gasteiger partial charge in [-0.3, -0.25) is 9.97 Å². The Morgan fingerprint density at radius 1 is 0.735 bits per heavy atom. The van der Waals surface area contributed by atoms with Crippen molar-refractivity contribution in [2.24, 2.45) is 0 Å². The first-order valence-corrected chi connectivity index (χ1v) is 26.8. The summed E-state index contributed by atoms with van der Waals surface area (Å²) in [5, 5.41) is 3.50. The molecule has 0 fully saturated rings. The summed E-state index contributed by atoms with van der Waals surface area (Å²) in [6.45, 7) is 20.6. The zero-order chi connectivity index (χ0) is 49.7. The van der Waals surface area contributed by atoms with E-state index in [2.05, 4.69) is 181 Å². The molecule has 0 bridgehead atoms. The molecule has 0 atom stereocenters. The van der Waals surface area contributed by atoms with E-state index in [9.17, 15) is 0 Å². The van der Waals surface area contributed by atoms with Gasteiger partial charge in [-0.2, -0.15) is 0 Å². The molecular weight excluding hydrogens is 1030 g/mol. The summed E-state index contributed by atoms with van der Waals surface area (Å²) in [4.78, 5) is 14.5. The molecule has 68 heavy (non-hydrogen) atoms. The van der Waals surface area contributed by atoms with Crippen molar-refractivity contribution in [3.63, 3.8) is 0 Å². The molecule has 0 aliphatic carbocycles. The van der Waals surface area contributed by atoms with Crippen molar-refractivity contribution >= 4 is 46.2 Å². The Hall–Kier alpha value is -6.24. The number of benzene rings is 6. The summed E-state index contributed by atoms with van der Waals surface area (Å²) < 4.78 is 31.5. The van der Waals surface area contributed by atoms with Crippen LogP contribution in [0.2, 0.25) is 19.6 Å². The van der Waals surface area contributed by atoms with Gasteiger partial charge in [0.1, 0.15) is 5.58 Å². The third kappa shape index (κ3) is 9.20. The van der Waals surface area contributed by atoms with Crippen LogP contribution in [0.5, 0.6) is 0 Å². The van der Waals surface area contributed by atoms with Crippen LogP contribution in [0.1, 0.15) is 90.9 Å². The molecule has 0 amide bonds. The van der Waals surface area contributed by atoms with Gasteiger partial charge in [0.05, 0.1) is 36.7 Å². The Morgan fingerprint density at radius 3 is 2.06 bits per heavy atom. The Kier molecular flexibility index (Phi) is 12.6. The molecule has 345 valence electrons. The molecule has 10 aromatic rings. The van der Waals surface area contributed by atoms with Crippen LogP contribution in [0.4, 0.5) is 0 Å². The van der Waals surface area contributed by atoms with Crippen molar-refractivity contribution < 1.29 is 28.6 Å². The summed E-state index contributed by atoms with van der Waals surface area (Å²) >= 11 is 0. The number of hydrogen-bond donors (Lipinski definition) is 0. The fraction of sp³-hybridized carbons (Fsp3) is 0.230. The first-order valence-electron chi connectivity index (χ1n) is 24.8. The smallest absolute Gasteiger partial charge is 0.120 e. The number of fused-ring (bicyclic) bond motifs is 4. The molecule has 5 nitrogen and oxygen atoms in total. The summed E-state index contributed by atoms with van der Waals surface area (Å²) in [5.41, 5.74) is 16.0. The molecule has 1 radical (unpaired) electrons. The molecule has 7 heteroatoms. The first-order chi connectivity index (χ1) is 33.3. The third-order valence-electron chi connectivity index (χ3n) is 13.0. The van der Waals surface area contributed by atoms with E-state index < -0.39 is 14.9 Å². The maximum atomic E-state index is 7.56. The number of aromatic nitrogens is 4. The number of para-hydroxylation sites is 1. The van der Waals surface area contributed by atoms with E-state index >= 15 is 0 Å². The van der Waals surface area contributed by atoms with Crippen molar-refractivity contribution in [3.8, 4) is 39.5 Å². The zero-order valence-electron chi connectivity index (χ0n) is 43.6. The molecule has 0 spiro atoms. The van der Waals surface area contributed by atoms with E-state index in [0.29, 0.717) is 5.56 Å². The maximum Gasteiger partial charge on any atom is 0.120 e. The van der Waals surface area contributed by atoms with E-state index in [1.54, 1.807) is 18.2 Å². The number of rotatable bonds is 9. The van der Waals surface area contributed by atoms with Crippen LogP contribution in [-0.2, 0) is 25.5 Å². The van der Waals surface area contributed by atoms with Crippen molar-refractivity contribution in [1.29, 1.82) is 0 Å². The van der Waals surface area contributed by atoms with Crippen LogP contribution in [0.3, 0.4) is 0 Å².